The Morgan fingerprint density at radius 2 is 1.75 bits per heavy atom. The molecule has 40 heavy (non-hydrogen) atoms. The molecule has 0 fully saturated rings. The summed E-state index contributed by atoms with van der Waals surface area (Å²) >= 11 is 0. The lowest BCUT2D eigenvalue weighted by molar-refractivity contribution is -0.137. The van der Waals surface area contributed by atoms with Gasteiger partial charge in [0, 0.05) is 24.5 Å². The van der Waals surface area contributed by atoms with Gasteiger partial charge in [0.05, 0.1) is 34.9 Å². The largest absolute Gasteiger partial charge is 0.416 e. The van der Waals surface area contributed by atoms with E-state index in [1.807, 2.05) is 37.3 Å². The summed E-state index contributed by atoms with van der Waals surface area (Å²) in [5.74, 6) is 0.341. The highest BCUT2D eigenvalue weighted by atomic mass is 32.2. The lowest BCUT2D eigenvalue weighted by atomic mass is 10.0. The lowest BCUT2D eigenvalue weighted by Gasteiger charge is -2.15. The van der Waals surface area contributed by atoms with Crippen LogP contribution in [-0.4, -0.2) is 34.0 Å². The van der Waals surface area contributed by atoms with Crippen LogP contribution < -0.4 is 10.0 Å². The van der Waals surface area contributed by atoms with E-state index >= 15 is 0 Å². The monoisotopic (exact) mass is 566 g/mol. The fourth-order valence-electron chi connectivity index (χ4n) is 4.28. The molecule has 2 N–H and O–H groups in total. The van der Waals surface area contributed by atoms with Crippen LogP contribution in [0.4, 0.5) is 19.1 Å². The van der Waals surface area contributed by atoms with Gasteiger partial charge in [-0.15, -0.1) is 0 Å². The van der Waals surface area contributed by atoms with Gasteiger partial charge in [0.15, 0.2) is 0 Å². The van der Waals surface area contributed by atoms with E-state index in [2.05, 4.69) is 25.0 Å². The first-order valence-electron chi connectivity index (χ1n) is 12.3. The van der Waals surface area contributed by atoms with Gasteiger partial charge in [0.25, 0.3) is 0 Å². The first-order chi connectivity index (χ1) is 19.0. The van der Waals surface area contributed by atoms with Crippen molar-refractivity contribution in [2.75, 3.05) is 11.6 Å². The number of halogens is 3. The number of rotatable bonds is 8. The molecule has 0 aliphatic rings. The molecule has 0 spiro atoms. The summed E-state index contributed by atoms with van der Waals surface area (Å²) in [6.07, 6.45) is -0.207. The van der Waals surface area contributed by atoms with Gasteiger partial charge < -0.3 is 5.32 Å². The first kappa shape index (κ1) is 27.3. The van der Waals surface area contributed by atoms with E-state index in [0.717, 1.165) is 24.0 Å². The number of pyridine rings is 1. The quantitative estimate of drug-likeness (QED) is 0.250. The Balaban J connectivity index is 1.61. The normalized spacial score (nSPS) is 12.9. The molecule has 3 aromatic heterocycles. The van der Waals surface area contributed by atoms with Crippen molar-refractivity contribution in [1.29, 1.82) is 0 Å². The summed E-state index contributed by atoms with van der Waals surface area (Å²) in [4.78, 5) is 13.7. The molecule has 0 bridgehead atoms. The molecule has 0 amide bonds. The molecule has 0 aliphatic heterocycles. The fourth-order valence-corrected chi connectivity index (χ4v) is 4.71. The summed E-state index contributed by atoms with van der Waals surface area (Å²) in [6, 6.07) is 19.7. The van der Waals surface area contributed by atoms with Gasteiger partial charge in [-0.3, -0.25) is 4.40 Å². The first-order valence-corrected chi connectivity index (χ1v) is 14.2. The third-order valence-electron chi connectivity index (χ3n) is 6.24. The number of sulfonamides is 1. The van der Waals surface area contributed by atoms with E-state index in [0.29, 0.717) is 34.2 Å². The van der Waals surface area contributed by atoms with Gasteiger partial charge in [0.2, 0.25) is 16.0 Å². The Kier molecular flexibility index (Phi) is 7.30. The molecule has 5 rings (SSSR count). The van der Waals surface area contributed by atoms with Crippen molar-refractivity contribution in [3.63, 3.8) is 0 Å². The molecular weight excluding hydrogens is 541 g/mol. The van der Waals surface area contributed by atoms with Crippen molar-refractivity contribution < 1.29 is 21.6 Å². The molecule has 0 saturated carbocycles. The van der Waals surface area contributed by atoms with Crippen LogP contribution in [0.3, 0.4) is 0 Å². The SMILES string of the molecule is C[C@H](Nc1nccc(-c2c(-c3cccc(C(F)(F)F)c3)nc3cc(CNS(C)(=O)=O)ccn23)n1)c1ccccc1. The average Bonchev–Trinajstić information content (AvgIpc) is 3.31. The van der Waals surface area contributed by atoms with Crippen LogP contribution in [0, 0.1) is 0 Å². The van der Waals surface area contributed by atoms with Crippen LogP contribution in [0.25, 0.3) is 28.3 Å². The van der Waals surface area contributed by atoms with E-state index in [4.69, 9.17) is 0 Å². The Hall–Kier alpha value is -4.29. The second-order valence-electron chi connectivity index (χ2n) is 9.29. The topological polar surface area (TPSA) is 101 Å². The Labute approximate surface area is 229 Å². The number of hydrogen-bond acceptors (Lipinski definition) is 6. The Morgan fingerprint density at radius 1 is 0.975 bits per heavy atom. The summed E-state index contributed by atoms with van der Waals surface area (Å²) in [7, 11) is -3.43. The van der Waals surface area contributed by atoms with Crippen LogP contribution in [0.2, 0.25) is 0 Å². The number of alkyl halides is 3. The predicted octanol–water partition coefficient (Wildman–Crippen LogP) is 5.70. The zero-order valence-corrected chi connectivity index (χ0v) is 22.3. The van der Waals surface area contributed by atoms with Crippen molar-refractivity contribution in [2.24, 2.45) is 0 Å². The minimum atomic E-state index is -4.53. The molecule has 0 aliphatic carbocycles. The molecule has 0 radical (unpaired) electrons. The van der Waals surface area contributed by atoms with Gasteiger partial charge in [0.1, 0.15) is 5.65 Å². The van der Waals surface area contributed by atoms with Crippen molar-refractivity contribution in [3.8, 4) is 22.6 Å². The summed E-state index contributed by atoms with van der Waals surface area (Å²) in [5, 5.41) is 3.27. The number of benzene rings is 2. The van der Waals surface area contributed by atoms with Gasteiger partial charge in [-0.05, 0) is 48.4 Å². The van der Waals surface area contributed by atoms with E-state index < -0.39 is 21.8 Å². The summed E-state index contributed by atoms with van der Waals surface area (Å²) in [5.41, 5.74) is 2.75. The number of anilines is 1. The third kappa shape index (κ3) is 6.13. The predicted molar refractivity (Wildman–Crippen MR) is 147 cm³/mol. The number of aromatic nitrogens is 4. The van der Waals surface area contributed by atoms with Crippen LogP contribution in [0.5, 0.6) is 0 Å². The summed E-state index contributed by atoms with van der Waals surface area (Å²) in [6.45, 7) is 2.01. The zero-order valence-electron chi connectivity index (χ0n) is 21.5. The van der Waals surface area contributed by atoms with Crippen molar-refractivity contribution in [3.05, 3.63) is 102 Å². The highest BCUT2D eigenvalue weighted by Gasteiger charge is 2.31. The molecule has 5 aromatic rings. The van der Waals surface area contributed by atoms with Crippen LogP contribution in [0.15, 0.2) is 85.2 Å². The molecule has 3 heterocycles. The smallest absolute Gasteiger partial charge is 0.348 e. The highest BCUT2D eigenvalue weighted by molar-refractivity contribution is 7.88. The molecule has 8 nitrogen and oxygen atoms in total. The Bertz CT molecular complexity index is 1770. The summed E-state index contributed by atoms with van der Waals surface area (Å²) < 4.78 is 67.9. The zero-order chi connectivity index (χ0) is 28.5. The molecule has 2 aromatic carbocycles. The number of fused-ring (bicyclic) bond motifs is 1. The molecule has 12 heteroatoms. The van der Waals surface area contributed by atoms with Crippen LogP contribution >= 0.6 is 0 Å². The van der Waals surface area contributed by atoms with Crippen molar-refractivity contribution >= 4 is 21.6 Å². The van der Waals surface area contributed by atoms with E-state index in [1.54, 1.807) is 41.1 Å². The van der Waals surface area contributed by atoms with E-state index in [-0.39, 0.29) is 18.2 Å². The number of imidazole rings is 1. The molecule has 0 saturated heterocycles. The second-order valence-corrected chi connectivity index (χ2v) is 11.1. The van der Waals surface area contributed by atoms with Crippen LogP contribution in [-0.2, 0) is 22.7 Å². The van der Waals surface area contributed by atoms with E-state index in [1.165, 1.54) is 6.07 Å². The highest BCUT2D eigenvalue weighted by Crippen LogP contribution is 2.36. The van der Waals surface area contributed by atoms with Gasteiger partial charge in [-0.25, -0.2) is 28.1 Å². The van der Waals surface area contributed by atoms with Crippen molar-refractivity contribution in [1.82, 2.24) is 24.1 Å². The maximum Gasteiger partial charge on any atom is 0.416 e. The molecule has 0 unspecified atom stereocenters. The van der Waals surface area contributed by atoms with Crippen molar-refractivity contribution in [2.45, 2.75) is 25.7 Å². The maximum atomic E-state index is 13.5. The van der Waals surface area contributed by atoms with E-state index in [9.17, 15) is 21.6 Å². The minimum absolute atomic E-state index is 0.0371. The second kappa shape index (κ2) is 10.7. The molecular formula is C28H25F3N6O2S. The molecule has 1 atom stereocenters. The average molecular weight is 567 g/mol. The number of nitrogens with one attached hydrogen (secondary N) is 2. The molecule has 206 valence electrons. The fraction of sp³-hybridized carbons (Fsp3) is 0.179. The Morgan fingerprint density at radius 3 is 2.48 bits per heavy atom. The standard InChI is InChI=1S/C28H25F3N6O2S/c1-18(20-7-4-3-5-8-20)34-27-32-13-11-23(35-27)26-25(21-9-6-10-22(16-21)28(29,30)31)36-24-15-19(12-14-37(24)26)17-33-40(2,38)39/h3-16,18,33H,17H2,1-2H3,(H,32,34,35)/t18-/m0/s1. The third-order valence-corrected chi connectivity index (χ3v) is 6.90. The number of nitrogens with zero attached hydrogens (tertiary/aromatic N) is 4. The number of hydrogen-bond donors (Lipinski definition) is 2. The van der Waals surface area contributed by atoms with Gasteiger partial charge in [-0.2, -0.15) is 13.2 Å². The lowest BCUT2D eigenvalue weighted by Crippen LogP contribution is -2.21. The minimum Gasteiger partial charge on any atom is -0.348 e. The van der Waals surface area contributed by atoms with Gasteiger partial charge in [-0.1, -0.05) is 42.5 Å². The maximum absolute atomic E-state index is 13.5. The van der Waals surface area contributed by atoms with Gasteiger partial charge >= 0.3 is 6.18 Å². The van der Waals surface area contributed by atoms with Crippen LogP contribution in [0.1, 0.15) is 29.7 Å².